The third-order valence-corrected chi connectivity index (χ3v) is 3.54. The van der Waals surface area contributed by atoms with Gasteiger partial charge in [-0.1, -0.05) is 30.4 Å². The Kier molecular flexibility index (Phi) is 1.69. The molecule has 4 rings (SSSR count). The number of fused-ring (bicyclic) bond motifs is 4. The van der Waals surface area contributed by atoms with Crippen LogP contribution in [-0.2, 0) is 11.2 Å². The Bertz CT molecular complexity index is 632. The van der Waals surface area contributed by atoms with Crippen LogP contribution in [0.5, 0.6) is 0 Å². The average molecular weight is 222 g/mol. The molecule has 0 amide bonds. The fraction of sp³-hybridized carbons (Fsp3) is 0.133. The van der Waals surface area contributed by atoms with Gasteiger partial charge in [0.15, 0.2) is 0 Å². The lowest BCUT2D eigenvalue weighted by Crippen LogP contribution is -2.16. The Morgan fingerprint density at radius 2 is 2.12 bits per heavy atom. The van der Waals surface area contributed by atoms with Crippen LogP contribution in [0.3, 0.4) is 0 Å². The molecule has 2 nitrogen and oxygen atoms in total. The summed E-state index contributed by atoms with van der Waals surface area (Å²) in [6.07, 6.45) is 10.1. The zero-order valence-corrected chi connectivity index (χ0v) is 9.39. The van der Waals surface area contributed by atoms with Gasteiger partial charge in [-0.2, -0.15) is 0 Å². The second kappa shape index (κ2) is 3.20. The van der Waals surface area contributed by atoms with Crippen molar-refractivity contribution in [3.63, 3.8) is 0 Å². The summed E-state index contributed by atoms with van der Waals surface area (Å²) in [5, 5.41) is 0. The van der Waals surface area contributed by atoms with Gasteiger partial charge in [0.2, 0.25) is 11.4 Å². The van der Waals surface area contributed by atoms with E-state index in [0.29, 0.717) is 0 Å². The quantitative estimate of drug-likeness (QED) is 0.614. The summed E-state index contributed by atoms with van der Waals surface area (Å²) < 4.78 is 7.89. The van der Waals surface area contributed by atoms with Gasteiger partial charge in [0.1, 0.15) is 5.76 Å². The molecule has 2 heterocycles. The molecule has 1 aromatic carbocycles. The zero-order valence-electron chi connectivity index (χ0n) is 9.39. The lowest BCUT2D eigenvalue weighted by molar-refractivity contribution is -0.385. The molecule has 2 aliphatic heterocycles. The van der Waals surface area contributed by atoms with E-state index < -0.39 is 0 Å². The highest BCUT2D eigenvalue weighted by atomic mass is 16.5. The maximum absolute atomic E-state index is 5.71. The largest absolute Gasteiger partial charge is 0.410 e. The Hall–Kier alpha value is -2.09. The first-order chi connectivity index (χ1) is 8.43. The van der Waals surface area contributed by atoms with E-state index in [9.17, 15) is 0 Å². The molecular formula is C15H12NO+. The first-order valence-corrected chi connectivity index (χ1v) is 5.90. The minimum Gasteiger partial charge on any atom is -0.410 e. The number of hydrogen-bond donors (Lipinski definition) is 0. The van der Waals surface area contributed by atoms with Crippen LogP contribution in [0, 0.1) is 0 Å². The van der Waals surface area contributed by atoms with Crippen LogP contribution < -0.4 is 0 Å². The van der Waals surface area contributed by atoms with Gasteiger partial charge in [0.05, 0.1) is 12.0 Å². The van der Waals surface area contributed by atoms with E-state index in [1.165, 1.54) is 22.5 Å². The molecule has 0 fully saturated rings. The third kappa shape index (κ3) is 1.18. The van der Waals surface area contributed by atoms with Crippen molar-refractivity contribution in [1.29, 1.82) is 0 Å². The first-order valence-electron chi connectivity index (χ1n) is 5.90. The number of allylic oxidation sites excluding steroid dienone is 5. The van der Waals surface area contributed by atoms with Crippen molar-refractivity contribution in [3.05, 3.63) is 65.1 Å². The van der Waals surface area contributed by atoms with Crippen molar-refractivity contribution in [2.45, 2.75) is 12.8 Å². The second-order valence-corrected chi connectivity index (χ2v) is 4.49. The highest BCUT2D eigenvalue weighted by Crippen LogP contribution is 2.39. The summed E-state index contributed by atoms with van der Waals surface area (Å²) in [4.78, 5) is 0. The predicted octanol–water partition coefficient (Wildman–Crippen LogP) is 3.04. The molecule has 2 heteroatoms. The highest BCUT2D eigenvalue weighted by Gasteiger charge is 2.36. The van der Waals surface area contributed by atoms with Crippen molar-refractivity contribution in [2.75, 3.05) is 0 Å². The number of ether oxygens (including phenoxy) is 1. The topological polar surface area (TPSA) is 12.2 Å². The average Bonchev–Trinajstić information content (AvgIpc) is 2.78. The molecule has 0 saturated carbocycles. The summed E-state index contributed by atoms with van der Waals surface area (Å²) >= 11 is 0. The smallest absolute Gasteiger partial charge is 0.340 e. The van der Waals surface area contributed by atoms with E-state index in [-0.39, 0.29) is 0 Å². The molecule has 82 valence electrons. The zero-order chi connectivity index (χ0) is 11.2. The Balaban J connectivity index is 1.93. The van der Waals surface area contributed by atoms with Crippen LogP contribution >= 0.6 is 0 Å². The SMILES string of the molecule is C1=CCC2=C3Cc4ccccc4[N+]3=COC2=C1. The molecule has 17 heavy (non-hydrogen) atoms. The fourth-order valence-corrected chi connectivity index (χ4v) is 2.70. The van der Waals surface area contributed by atoms with Gasteiger partial charge in [-0.05, 0) is 6.08 Å². The van der Waals surface area contributed by atoms with Crippen LogP contribution in [0.4, 0.5) is 5.69 Å². The molecule has 0 atom stereocenters. The molecule has 3 aliphatic rings. The molecule has 1 aliphatic carbocycles. The van der Waals surface area contributed by atoms with Gasteiger partial charge in [-0.15, -0.1) is 4.58 Å². The Morgan fingerprint density at radius 3 is 3.12 bits per heavy atom. The maximum Gasteiger partial charge on any atom is 0.340 e. The van der Waals surface area contributed by atoms with E-state index in [0.717, 1.165) is 18.6 Å². The van der Waals surface area contributed by atoms with E-state index in [1.54, 1.807) is 0 Å². The van der Waals surface area contributed by atoms with Gasteiger partial charge in [0.25, 0.3) is 0 Å². The second-order valence-electron chi connectivity index (χ2n) is 4.49. The first kappa shape index (κ1) is 8.99. The number of para-hydroxylation sites is 1. The van der Waals surface area contributed by atoms with Crippen molar-refractivity contribution in [3.8, 4) is 0 Å². The summed E-state index contributed by atoms with van der Waals surface area (Å²) in [5.41, 5.74) is 5.33. The van der Waals surface area contributed by atoms with Crippen LogP contribution in [0.15, 0.2) is 59.5 Å². The lowest BCUT2D eigenvalue weighted by Gasteiger charge is -2.15. The predicted molar refractivity (Wildman–Crippen MR) is 66.1 cm³/mol. The van der Waals surface area contributed by atoms with Crippen LogP contribution in [0.2, 0.25) is 0 Å². The number of rotatable bonds is 0. The normalized spacial score (nSPS) is 20.0. The van der Waals surface area contributed by atoms with Crippen molar-refractivity contribution in [1.82, 2.24) is 0 Å². The van der Waals surface area contributed by atoms with Crippen LogP contribution in [-0.4, -0.2) is 11.0 Å². The van der Waals surface area contributed by atoms with Gasteiger partial charge in [-0.25, -0.2) is 0 Å². The van der Waals surface area contributed by atoms with Gasteiger partial charge in [0, 0.05) is 18.1 Å². The van der Waals surface area contributed by atoms with Gasteiger partial charge >= 0.3 is 6.40 Å². The van der Waals surface area contributed by atoms with Crippen LogP contribution in [0.1, 0.15) is 12.0 Å². The number of hydrogen-bond acceptors (Lipinski definition) is 1. The lowest BCUT2D eigenvalue weighted by atomic mass is 10.0. The number of benzene rings is 1. The molecule has 1 aromatic rings. The van der Waals surface area contributed by atoms with E-state index in [4.69, 9.17) is 4.74 Å². The van der Waals surface area contributed by atoms with Gasteiger partial charge < -0.3 is 4.74 Å². The van der Waals surface area contributed by atoms with E-state index in [1.807, 2.05) is 12.5 Å². The van der Waals surface area contributed by atoms with Crippen LogP contribution in [0.25, 0.3) is 0 Å². The van der Waals surface area contributed by atoms with Gasteiger partial charge in [-0.3, -0.25) is 0 Å². The van der Waals surface area contributed by atoms with Crippen molar-refractivity contribution in [2.24, 2.45) is 0 Å². The monoisotopic (exact) mass is 222 g/mol. The summed E-state index contributed by atoms with van der Waals surface area (Å²) in [7, 11) is 0. The molecule has 0 saturated heterocycles. The summed E-state index contributed by atoms with van der Waals surface area (Å²) in [6.45, 7) is 0. The maximum atomic E-state index is 5.71. The summed E-state index contributed by atoms with van der Waals surface area (Å²) in [5.74, 6) is 1.01. The molecule has 0 bridgehead atoms. The summed E-state index contributed by atoms with van der Waals surface area (Å²) in [6, 6.07) is 8.51. The van der Waals surface area contributed by atoms with E-state index in [2.05, 4.69) is 41.0 Å². The van der Waals surface area contributed by atoms with Crippen molar-refractivity contribution < 1.29 is 9.31 Å². The minimum absolute atomic E-state index is 0.972. The molecule has 0 aromatic heterocycles. The molecule has 0 unspecified atom stereocenters. The van der Waals surface area contributed by atoms with Crippen molar-refractivity contribution >= 4 is 12.1 Å². The number of nitrogens with zero attached hydrogens (tertiary/aromatic N) is 1. The molecule has 0 radical (unpaired) electrons. The molecule has 0 spiro atoms. The molecular weight excluding hydrogens is 210 g/mol. The highest BCUT2D eigenvalue weighted by molar-refractivity contribution is 5.60. The van der Waals surface area contributed by atoms with E-state index >= 15 is 0 Å². The Morgan fingerprint density at radius 1 is 1.18 bits per heavy atom. The minimum atomic E-state index is 0.972. The molecule has 0 N–H and O–H groups in total. The third-order valence-electron chi connectivity index (χ3n) is 3.54. The Labute approximate surface area is 99.8 Å². The fourth-order valence-electron chi connectivity index (χ4n) is 2.70. The standard InChI is InChI=1S/C15H12NO/c1-3-7-13-11(5-1)9-14-12-6-2-4-8-15(12)17-10-16(13)14/h1-5,7-8,10H,6,9H2/q+1.